The number of benzene rings is 1. The minimum absolute atomic E-state index is 0.0242. The van der Waals surface area contributed by atoms with Crippen LogP contribution in [0, 0.1) is 0 Å². The van der Waals surface area contributed by atoms with Gasteiger partial charge in [-0.1, -0.05) is 13.3 Å². The van der Waals surface area contributed by atoms with E-state index in [1.165, 1.54) is 0 Å². The van der Waals surface area contributed by atoms with Crippen LogP contribution in [0.25, 0.3) is 0 Å². The zero-order chi connectivity index (χ0) is 14.8. The van der Waals surface area contributed by atoms with Crippen LogP contribution in [-0.4, -0.2) is 39.8 Å². The lowest BCUT2D eigenvalue weighted by atomic mass is 10.2. The van der Waals surface area contributed by atoms with Gasteiger partial charge in [-0.3, -0.25) is 4.79 Å². The highest BCUT2D eigenvalue weighted by Crippen LogP contribution is 2.11. The first kappa shape index (κ1) is 16.5. The Hall–Kier alpha value is -1.55. The molecule has 0 aromatic heterocycles. The summed E-state index contributed by atoms with van der Waals surface area (Å²) in [5.74, 6) is -0.0242. The van der Waals surface area contributed by atoms with Crippen LogP contribution in [0.3, 0.4) is 0 Å². The summed E-state index contributed by atoms with van der Waals surface area (Å²) in [4.78, 5) is 13.9. The molecule has 1 rings (SSSR count). The van der Waals surface area contributed by atoms with Gasteiger partial charge in [0.1, 0.15) is 0 Å². The number of carbonyl (C=O) groups is 1. The van der Waals surface area contributed by atoms with Gasteiger partial charge in [-0.15, -0.1) is 0 Å². The van der Waals surface area contributed by atoms with Gasteiger partial charge in [0.25, 0.3) is 5.91 Å². The number of nitrogens with zero attached hydrogens (tertiary/aromatic N) is 1. The maximum Gasteiger partial charge on any atom is 0.251 e. The van der Waals surface area contributed by atoms with Gasteiger partial charge in [-0.05, 0) is 37.1 Å². The topological polar surface area (TPSA) is 41.6 Å². The van der Waals surface area contributed by atoms with E-state index in [0.717, 1.165) is 31.6 Å². The lowest BCUT2D eigenvalue weighted by Gasteiger charge is -2.12. The second-order valence-corrected chi connectivity index (χ2v) is 5.02. The summed E-state index contributed by atoms with van der Waals surface area (Å²) in [6.45, 7) is 4.32. The van der Waals surface area contributed by atoms with Crippen LogP contribution in [0.4, 0.5) is 5.69 Å². The molecule has 0 fully saturated rings. The summed E-state index contributed by atoms with van der Waals surface area (Å²) in [6.07, 6.45) is 3.11. The van der Waals surface area contributed by atoms with Crippen molar-refractivity contribution in [3.63, 3.8) is 0 Å². The number of carbonyl (C=O) groups excluding carboxylic acids is 1. The Labute approximate surface area is 122 Å². The third kappa shape index (κ3) is 6.06. The molecule has 0 aliphatic rings. The standard InChI is InChI=1S/C16H26N2O2/c1-4-5-12-20-13-6-11-17-16(19)14-7-9-15(10-8-14)18(2)3/h7-10H,4-6,11-13H2,1-3H3,(H,17,19). The Bertz CT molecular complexity index is 388. The van der Waals surface area contributed by atoms with Crippen LogP contribution in [0.2, 0.25) is 0 Å². The molecule has 1 N–H and O–H groups in total. The van der Waals surface area contributed by atoms with Gasteiger partial charge in [-0.25, -0.2) is 0 Å². The van der Waals surface area contributed by atoms with Crippen molar-refractivity contribution >= 4 is 11.6 Å². The monoisotopic (exact) mass is 278 g/mol. The van der Waals surface area contributed by atoms with Crippen LogP contribution >= 0.6 is 0 Å². The molecule has 1 aromatic carbocycles. The first-order valence-electron chi connectivity index (χ1n) is 7.28. The van der Waals surface area contributed by atoms with Gasteiger partial charge in [0.2, 0.25) is 0 Å². The molecule has 20 heavy (non-hydrogen) atoms. The SMILES string of the molecule is CCCCOCCCNC(=O)c1ccc(N(C)C)cc1. The molecule has 0 spiro atoms. The maximum absolute atomic E-state index is 11.9. The predicted octanol–water partition coefficient (Wildman–Crippen LogP) is 2.69. The summed E-state index contributed by atoms with van der Waals surface area (Å²) < 4.78 is 5.45. The fraction of sp³-hybridized carbons (Fsp3) is 0.562. The molecule has 0 unspecified atom stereocenters. The lowest BCUT2D eigenvalue weighted by molar-refractivity contribution is 0.0940. The summed E-state index contributed by atoms with van der Waals surface area (Å²) in [5, 5.41) is 2.91. The number of amides is 1. The van der Waals surface area contributed by atoms with Crippen LogP contribution in [0.15, 0.2) is 24.3 Å². The maximum atomic E-state index is 11.9. The molecular formula is C16H26N2O2. The fourth-order valence-corrected chi connectivity index (χ4v) is 1.74. The van der Waals surface area contributed by atoms with Gasteiger partial charge in [0.15, 0.2) is 0 Å². The van der Waals surface area contributed by atoms with Gasteiger partial charge < -0.3 is 15.0 Å². The quantitative estimate of drug-likeness (QED) is 0.706. The molecule has 0 atom stereocenters. The van der Waals surface area contributed by atoms with E-state index in [4.69, 9.17) is 4.74 Å². The molecule has 4 heteroatoms. The second-order valence-electron chi connectivity index (χ2n) is 5.02. The van der Waals surface area contributed by atoms with Gasteiger partial charge in [-0.2, -0.15) is 0 Å². The van der Waals surface area contributed by atoms with Crippen molar-refractivity contribution in [1.29, 1.82) is 0 Å². The van der Waals surface area contributed by atoms with E-state index in [1.54, 1.807) is 0 Å². The molecule has 1 amide bonds. The summed E-state index contributed by atoms with van der Waals surface area (Å²) in [7, 11) is 3.96. The van der Waals surface area contributed by atoms with E-state index in [1.807, 2.05) is 43.3 Å². The van der Waals surface area contributed by atoms with Gasteiger partial charge >= 0.3 is 0 Å². The Morgan fingerprint density at radius 3 is 2.40 bits per heavy atom. The molecular weight excluding hydrogens is 252 g/mol. The molecule has 0 radical (unpaired) electrons. The normalized spacial score (nSPS) is 10.3. The first-order valence-corrected chi connectivity index (χ1v) is 7.28. The Balaban J connectivity index is 2.22. The Morgan fingerprint density at radius 1 is 1.15 bits per heavy atom. The zero-order valence-electron chi connectivity index (χ0n) is 12.8. The third-order valence-corrected chi connectivity index (χ3v) is 3.04. The first-order chi connectivity index (χ1) is 9.65. The summed E-state index contributed by atoms with van der Waals surface area (Å²) >= 11 is 0. The zero-order valence-corrected chi connectivity index (χ0v) is 12.8. The number of ether oxygens (including phenoxy) is 1. The molecule has 4 nitrogen and oxygen atoms in total. The lowest BCUT2D eigenvalue weighted by Crippen LogP contribution is -2.25. The second kappa shape index (κ2) is 9.37. The van der Waals surface area contributed by atoms with Crippen LogP contribution < -0.4 is 10.2 Å². The van der Waals surface area contributed by atoms with Crippen molar-refractivity contribution in [3.05, 3.63) is 29.8 Å². The average Bonchev–Trinajstić information content (AvgIpc) is 2.46. The van der Waals surface area contributed by atoms with E-state index in [0.29, 0.717) is 18.7 Å². The third-order valence-electron chi connectivity index (χ3n) is 3.04. The molecule has 0 heterocycles. The molecule has 112 valence electrons. The van der Waals surface area contributed by atoms with E-state index in [-0.39, 0.29) is 5.91 Å². The molecule has 0 bridgehead atoms. The predicted molar refractivity (Wildman–Crippen MR) is 83.4 cm³/mol. The smallest absolute Gasteiger partial charge is 0.251 e. The highest BCUT2D eigenvalue weighted by Gasteiger charge is 2.04. The number of anilines is 1. The van der Waals surface area contributed by atoms with Crippen molar-refractivity contribution in [2.45, 2.75) is 26.2 Å². The fourth-order valence-electron chi connectivity index (χ4n) is 1.74. The Morgan fingerprint density at radius 2 is 1.80 bits per heavy atom. The number of unbranched alkanes of at least 4 members (excludes halogenated alkanes) is 1. The number of hydrogen-bond acceptors (Lipinski definition) is 3. The number of rotatable bonds is 9. The van der Waals surface area contributed by atoms with Crippen molar-refractivity contribution in [1.82, 2.24) is 5.32 Å². The van der Waals surface area contributed by atoms with Gasteiger partial charge in [0.05, 0.1) is 0 Å². The van der Waals surface area contributed by atoms with E-state index in [2.05, 4.69) is 12.2 Å². The molecule has 0 aliphatic heterocycles. The minimum Gasteiger partial charge on any atom is -0.381 e. The largest absolute Gasteiger partial charge is 0.381 e. The minimum atomic E-state index is -0.0242. The van der Waals surface area contributed by atoms with E-state index >= 15 is 0 Å². The molecule has 1 aromatic rings. The highest BCUT2D eigenvalue weighted by atomic mass is 16.5. The number of nitrogens with one attached hydrogen (secondary N) is 1. The average molecular weight is 278 g/mol. The van der Waals surface area contributed by atoms with Crippen LogP contribution in [0.5, 0.6) is 0 Å². The van der Waals surface area contributed by atoms with E-state index in [9.17, 15) is 4.79 Å². The van der Waals surface area contributed by atoms with Crippen molar-refractivity contribution in [2.75, 3.05) is 38.8 Å². The number of hydrogen-bond donors (Lipinski definition) is 1. The van der Waals surface area contributed by atoms with Crippen molar-refractivity contribution < 1.29 is 9.53 Å². The Kier molecular flexibility index (Phi) is 7.73. The van der Waals surface area contributed by atoms with Crippen LogP contribution in [-0.2, 0) is 4.74 Å². The highest BCUT2D eigenvalue weighted by molar-refractivity contribution is 5.94. The summed E-state index contributed by atoms with van der Waals surface area (Å²) in [5.41, 5.74) is 1.79. The van der Waals surface area contributed by atoms with Crippen LogP contribution in [0.1, 0.15) is 36.5 Å². The molecule has 0 saturated heterocycles. The van der Waals surface area contributed by atoms with Gasteiger partial charge in [0, 0.05) is 45.1 Å². The molecule has 0 saturated carbocycles. The van der Waals surface area contributed by atoms with E-state index < -0.39 is 0 Å². The summed E-state index contributed by atoms with van der Waals surface area (Å²) in [6, 6.07) is 7.59. The van der Waals surface area contributed by atoms with Crippen molar-refractivity contribution in [3.8, 4) is 0 Å². The molecule has 0 aliphatic carbocycles. The van der Waals surface area contributed by atoms with Crippen molar-refractivity contribution in [2.24, 2.45) is 0 Å².